The summed E-state index contributed by atoms with van der Waals surface area (Å²) >= 11 is 0. The van der Waals surface area contributed by atoms with Crippen LogP contribution < -0.4 is 15.5 Å². The Labute approximate surface area is 148 Å². The van der Waals surface area contributed by atoms with Crippen molar-refractivity contribution in [1.29, 1.82) is 0 Å². The Morgan fingerprint density at radius 3 is 3.12 bits per heavy atom. The van der Waals surface area contributed by atoms with Crippen LogP contribution in [0.1, 0.15) is 30.0 Å². The average molecular weight is 336 g/mol. The maximum atomic E-state index is 4.79. The lowest BCUT2D eigenvalue weighted by Crippen LogP contribution is -2.30. The molecule has 1 atom stereocenters. The number of hydrogen-bond donors (Lipinski definition) is 2. The third kappa shape index (κ3) is 3.49. The molecule has 0 saturated carbocycles. The Hall–Kier alpha value is -2.47. The molecule has 0 radical (unpaired) electrons. The zero-order chi connectivity index (χ0) is 17.2. The summed E-state index contributed by atoms with van der Waals surface area (Å²) in [5.74, 6) is 1.66. The van der Waals surface area contributed by atoms with Gasteiger partial charge in [0.2, 0.25) is 5.95 Å². The molecule has 6 heteroatoms. The number of anilines is 3. The summed E-state index contributed by atoms with van der Waals surface area (Å²) in [4.78, 5) is 15.9. The second-order valence-electron chi connectivity index (χ2n) is 6.84. The molecule has 0 amide bonds. The van der Waals surface area contributed by atoms with Crippen LogP contribution in [0.25, 0.3) is 0 Å². The van der Waals surface area contributed by atoms with E-state index in [2.05, 4.69) is 50.6 Å². The molecule has 1 aromatic heterocycles. The van der Waals surface area contributed by atoms with Crippen molar-refractivity contribution in [2.24, 2.45) is 4.99 Å². The lowest BCUT2D eigenvalue weighted by Gasteiger charge is -2.21. The van der Waals surface area contributed by atoms with Gasteiger partial charge >= 0.3 is 0 Å². The van der Waals surface area contributed by atoms with Crippen molar-refractivity contribution < 1.29 is 0 Å². The Bertz CT molecular complexity index is 800. The van der Waals surface area contributed by atoms with E-state index in [-0.39, 0.29) is 0 Å². The highest BCUT2D eigenvalue weighted by Gasteiger charge is 2.17. The number of fused-ring (bicyclic) bond motifs is 1. The van der Waals surface area contributed by atoms with Crippen molar-refractivity contribution in [3.05, 3.63) is 41.1 Å². The molecule has 1 aromatic carbocycles. The summed E-state index contributed by atoms with van der Waals surface area (Å²) in [6, 6.07) is 6.89. The van der Waals surface area contributed by atoms with Gasteiger partial charge in [-0.15, -0.1) is 0 Å². The minimum atomic E-state index is 0.543. The van der Waals surface area contributed by atoms with Crippen molar-refractivity contribution in [1.82, 2.24) is 15.3 Å². The largest absolute Gasteiger partial charge is 0.340 e. The van der Waals surface area contributed by atoms with Gasteiger partial charge in [0.1, 0.15) is 5.82 Å². The van der Waals surface area contributed by atoms with E-state index in [0.29, 0.717) is 6.04 Å². The van der Waals surface area contributed by atoms with Gasteiger partial charge in [0.25, 0.3) is 0 Å². The van der Waals surface area contributed by atoms with Gasteiger partial charge in [0.05, 0.1) is 6.54 Å². The van der Waals surface area contributed by atoms with Crippen LogP contribution in [0.4, 0.5) is 17.5 Å². The molecule has 2 aromatic rings. The fourth-order valence-electron chi connectivity index (χ4n) is 3.24. The molecule has 0 bridgehead atoms. The Balaban J connectivity index is 1.56. The second kappa shape index (κ2) is 6.80. The van der Waals surface area contributed by atoms with Crippen molar-refractivity contribution in [3.8, 4) is 0 Å². The van der Waals surface area contributed by atoms with E-state index in [1.54, 1.807) is 0 Å². The molecule has 130 valence electrons. The first-order chi connectivity index (χ1) is 12.2. The fourth-order valence-corrected chi connectivity index (χ4v) is 3.24. The molecule has 6 nitrogen and oxygen atoms in total. The van der Waals surface area contributed by atoms with Gasteiger partial charge in [-0.3, -0.25) is 4.99 Å². The topological polar surface area (TPSA) is 65.4 Å². The van der Waals surface area contributed by atoms with Crippen LogP contribution in [0, 0.1) is 6.92 Å². The minimum absolute atomic E-state index is 0.543. The van der Waals surface area contributed by atoms with Crippen molar-refractivity contribution in [2.75, 3.05) is 29.9 Å². The number of hydrogen-bond acceptors (Lipinski definition) is 6. The third-order valence-corrected chi connectivity index (χ3v) is 4.85. The highest BCUT2D eigenvalue weighted by Crippen LogP contribution is 2.24. The summed E-state index contributed by atoms with van der Waals surface area (Å²) in [5.41, 5.74) is 4.53. The molecule has 25 heavy (non-hydrogen) atoms. The zero-order valence-electron chi connectivity index (χ0n) is 14.8. The molecular weight excluding hydrogens is 312 g/mol. The molecule has 1 fully saturated rings. The van der Waals surface area contributed by atoms with Crippen LogP contribution in [-0.2, 0) is 6.54 Å². The minimum Gasteiger partial charge on any atom is -0.340 e. The van der Waals surface area contributed by atoms with Gasteiger partial charge in [-0.05, 0) is 43.5 Å². The predicted octanol–water partition coefficient (Wildman–Crippen LogP) is 2.65. The van der Waals surface area contributed by atoms with Crippen molar-refractivity contribution in [2.45, 2.75) is 32.9 Å². The smallest absolute Gasteiger partial charge is 0.227 e. The van der Waals surface area contributed by atoms with E-state index >= 15 is 0 Å². The summed E-state index contributed by atoms with van der Waals surface area (Å²) < 4.78 is 0. The Morgan fingerprint density at radius 1 is 1.28 bits per heavy atom. The molecule has 1 unspecified atom stereocenters. The number of rotatable bonds is 3. The standard InChI is InChI=1S/C19H24N6/c1-13-10-22-19(25-7-5-14(2)21-6-8-25)24-18(13)23-17-4-3-15-11-20-12-16(15)9-17/h3-4,9-10,12,14,21H,5-8,11H2,1-2H3,(H,22,23,24). The van der Waals surface area contributed by atoms with Crippen LogP contribution in [0.5, 0.6) is 0 Å². The van der Waals surface area contributed by atoms with Gasteiger partial charge < -0.3 is 15.5 Å². The first-order valence-electron chi connectivity index (χ1n) is 8.91. The maximum absolute atomic E-state index is 4.79. The molecule has 2 aliphatic heterocycles. The van der Waals surface area contributed by atoms with Crippen LogP contribution in [0.3, 0.4) is 0 Å². The number of aryl methyl sites for hydroxylation is 1. The summed E-state index contributed by atoms with van der Waals surface area (Å²) in [6.07, 6.45) is 4.94. The number of aromatic nitrogens is 2. The molecular formula is C19H24N6. The highest BCUT2D eigenvalue weighted by molar-refractivity contribution is 5.86. The van der Waals surface area contributed by atoms with Crippen LogP contribution in [0.15, 0.2) is 29.4 Å². The number of nitrogens with one attached hydrogen (secondary N) is 2. The van der Waals surface area contributed by atoms with Gasteiger partial charge in [-0.1, -0.05) is 6.07 Å². The summed E-state index contributed by atoms with van der Waals surface area (Å²) in [7, 11) is 0. The van der Waals surface area contributed by atoms with Gasteiger partial charge in [-0.25, -0.2) is 4.98 Å². The van der Waals surface area contributed by atoms with E-state index in [9.17, 15) is 0 Å². The van der Waals surface area contributed by atoms with Gasteiger partial charge in [-0.2, -0.15) is 4.98 Å². The first kappa shape index (κ1) is 16.0. The van der Waals surface area contributed by atoms with E-state index in [4.69, 9.17) is 4.98 Å². The maximum Gasteiger partial charge on any atom is 0.227 e. The van der Waals surface area contributed by atoms with Crippen LogP contribution in [-0.4, -0.2) is 41.9 Å². The van der Waals surface area contributed by atoms with Crippen molar-refractivity contribution >= 4 is 23.7 Å². The SMILES string of the molecule is Cc1cnc(N2CCNC(C)CC2)nc1Nc1ccc2c(c1)C=NC2. The normalized spacial score (nSPS) is 19.6. The summed E-state index contributed by atoms with van der Waals surface area (Å²) in [5, 5.41) is 6.96. The van der Waals surface area contributed by atoms with Crippen molar-refractivity contribution in [3.63, 3.8) is 0 Å². The molecule has 3 heterocycles. The third-order valence-electron chi connectivity index (χ3n) is 4.85. The second-order valence-corrected chi connectivity index (χ2v) is 6.84. The zero-order valence-corrected chi connectivity index (χ0v) is 14.8. The quantitative estimate of drug-likeness (QED) is 0.902. The molecule has 0 spiro atoms. The Kier molecular flexibility index (Phi) is 4.36. The molecule has 1 saturated heterocycles. The first-order valence-corrected chi connectivity index (χ1v) is 8.91. The van der Waals surface area contributed by atoms with E-state index in [1.807, 2.05) is 19.3 Å². The number of benzene rings is 1. The summed E-state index contributed by atoms with van der Waals surface area (Å²) in [6.45, 7) is 7.92. The van der Waals surface area contributed by atoms with Gasteiger partial charge in [0, 0.05) is 49.3 Å². The van der Waals surface area contributed by atoms with Crippen LogP contribution in [0.2, 0.25) is 0 Å². The lowest BCUT2D eigenvalue weighted by molar-refractivity contribution is 0.566. The van der Waals surface area contributed by atoms with E-state index < -0.39 is 0 Å². The fraction of sp³-hybridized carbons (Fsp3) is 0.421. The van der Waals surface area contributed by atoms with Crippen LogP contribution >= 0.6 is 0 Å². The predicted molar refractivity (Wildman–Crippen MR) is 102 cm³/mol. The monoisotopic (exact) mass is 336 g/mol. The van der Waals surface area contributed by atoms with E-state index in [1.165, 1.54) is 11.1 Å². The van der Waals surface area contributed by atoms with Gasteiger partial charge in [0.15, 0.2) is 0 Å². The highest BCUT2D eigenvalue weighted by atomic mass is 15.3. The molecule has 0 aliphatic carbocycles. The lowest BCUT2D eigenvalue weighted by atomic mass is 10.1. The van der Waals surface area contributed by atoms with E-state index in [0.717, 1.165) is 55.6 Å². The molecule has 2 N–H and O–H groups in total. The average Bonchev–Trinajstić information content (AvgIpc) is 2.97. The molecule has 2 aliphatic rings. The number of aliphatic imine (C=N–C) groups is 1. The number of nitrogens with zero attached hydrogens (tertiary/aromatic N) is 4. The molecule has 4 rings (SSSR count). The Morgan fingerprint density at radius 2 is 2.20 bits per heavy atom.